The van der Waals surface area contributed by atoms with Crippen molar-refractivity contribution < 1.29 is 0 Å². The molecule has 1 aromatic carbocycles. The third kappa shape index (κ3) is 1.98. The van der Waals surface area contributed by atoms with E-state index in [2.05, 4.69) is 49.2 Å². The average molecular weight is 189 g/mol. The van der Waals surface area contributed by atoms with E-state index in [4.69, 9.17) is 0 Å². The lowest BCUT2D eigenvalue weighted by atomic mass is 10.0. The minimum absolute atomic E-state index is 0.757. The molecule has 2 rings (SSSR count). The number of hydrogen-bond acceptors (Lipinski definition) is 1. The van der Waals surface area contributed by atoms with Gasteiger partial charge in [-0.05, 0) is 38.8 Å². The Kier molecular flexibility index (Phi) is 2.87. The lowest BCUT2D eigenvalue weighted by molar-refractivity contribution is 0.252. The van der Waals surface area contributed by atoms with E-state index in [9.17, 15) is 0 Å². The Hall–Kier alpha value is -0.820. The summed E-state index contributed by atoms with van der Waals surface area (Å²) in [5.74, 6) is 0. The van der Waals surface area contributed by atoms with Crippen LogP contribution in [0.2, 0.25) is 0 Å². The van der Waals surface area contributed by atoms with E-state index < -0.39 is 0 Å². The van der Waals surface area contributed by atoms with E-state index in [1.165, 1.54) is 24.8 Å². The fourth-order valence-corrected chi connectivity index (χ4v) is 2.33. The maximum atomic E-state index is 2.52. The predicted molar refractivity (Wildman–Crippen MR) is 60.4 cm³/mol. The standard InChI is InChI=1S/C13H19N/c1-11-8-9-13(14(11)2)10-12-6-4-3-5-7-12/h3-7,11,13H,8-10H2,1-2H3/t11-,13+/m0/s1. The molecule has 1 nitrogen and oxygen atoms in total. The Labute approximate surface area is 86.7 Å². The maximum Gasteiger partial charge on any atom is 0.0136 e. The summed E-state index contributed by atoms with van der Waals surface area (Å²) in [6, 6.07) is 12.3. The average Bonchev–Trinajstić information content (AvgIpc) is 2.52. The highest BCUT2D eigenvalue weighted by Gasteiger charge is 2.26. The molecule has 14 heavy (non-hydrogen) atoms. The van der Waals surface area contributed by atoms with Gasteiger partial charge in [0.1, 0.15) is 0 Å². The van der Waals surface area contributed by atoms with Gasteiger partial charge in [0.25, 0.3) is 0 Å². The zero-order valence-corrected chi connectivity index (χ0v) is 9.11. The molecule has 2 atom stereocenters. The molecule has 1 aliphatic rings. The smallest absolute Gasteiger partial charge is 0.0136 e. The first-order valence-corrected chi connectivity index (χ1v) is 5.53. The summed E-state index contributed by atoms with van der Waals surface area (Å²) >= 11 is 0. The largest absolute Gasteiger partial charge is 0.300 e. The molecule has 1 aliphatic heterocycles. The molecule has 0 amide bonds. The van der Waals surface area contributed by atoms with Gasteiger partial charge < -0.3 is 4.90 Å². The Balaban J connectivity index is 1.99. The molecule has 0 N–H and O–H groups in total. The number of nitrogens with zero attached hydrogens (tertiary/aromatic N) is 1. The van der Waals surface area contributed by atoms with Gasteiger partial charge in [0.2, 0.25) is 0 Å². The number of hydrogen-bond donors (Lipinski definition) is 0. The maximum absolute atomic E-state index is 2.52. The minimum atomic E-state index is 0.757. The van der Waals surface area contributed by atoms with Gasteiger partial charge in [0, 0.05) is 12.1 Å². The van der Waals surface area contributed by atoms with Gasteiger partial charge in [-0.25, -0.2) is 0 Å². The fraction of sp³-hybridized carbons (Fsp3) is 0.538. The summed E-state index contributed by atoms with van der Waals surface area (Å²) in [5, 5.41) is 0. The van der Waals surface area contributed by atoms with Crippen LogP contribution in [-0.4, -0.2) is 24.0 Å². The van der Waals surface area contributed by atoms with Crippen LogP contribution >= 0.6 is 0 Å². The van der Waals surface area contributed by atoms with Crippen molar-refractivity contribution in [3.8, 4) is 0 Å². The molecule has 0 aromatic heterocycles. The van der Waals surface area contributed by atoms with Crippen LogP contribution in [0.4, 0.5) is 0 Å². The van der Waals surface area contributed by atoms with Crippen molar-refractivity contribution in [1.82, 2.24) is 4.90 Å². The van der Waals surface area contributed by atoms with Gasteiger partial charge in [-0.15, -0.1) is 0 Å². The zero-order valence-electron chi connectivity index (χ0n) is 9.11. The topological polar surface area (TPSA) is 3.24 Å². The van der Waals surface area contributed by atoms with E-state index in [0.29, 0.717) is 0 Å². The van der Waals surface area contributed by atoms with Crippen LogP contribution in [0.25, 0.3) is 0 Å². The quantitative estimate of drug-likeness (QED) is 0.691. The molecule has 0 saturated carbocycles. The highest BCUT2D eigenvalue weighted by Crippen LogP contribution is 2.24. The van der Waals surface area contributed by atoms with Crippen molar-refractivity contribution in [2.45, 2.75) is 38.3 Å². The molecule has 1 saturated heterocycles. The van der Waals surface area contributed by atoms with Crippen LogP contribution in [0.3, 0.4) is 0 Å². The molecular weight excluding hydrogens is 170 g/mol. The molecule has 0 bridgehead atoms. The van der Waals surface area contributed by atoms with E-state index in [-0.39, 0.29) is 0 Å². The highest BCUT2D eigenvalue weighted by molar-refractivity contribution is 5.16. The minimum Gasteiger partial charge on any atom is -0.300 e. The molecule has 76 valence electrons. The van der Waals surface area contributed by atoms with Gasteiger partial charge in [-0.1, -0.05) is 30.3 Å². The summed E-state index contributed by atoms with van der Waals surface area (Å²) in [4.78, 5) is 2.52. The third-order valence-electron chi connectivity index (χ3n) is 3.50. The van der Waals surface area contributed by atoms with Crippen LogP contribution in [0, 0.1) is 0 Å². The van der Waals surface area contributed by atoms with Crippen molar-refractivity contribution in [1.29, 1.82) is 0 Å². The summed E-state index contributed by atoms with van der Waals surface area (Å²) in [6.45, 7) is 2.32. The van der Waals surface area contributed by atoms with Gasteiger partial charge in [-0.2, -0.15) is 0 Å². The van der Waals surface area contributed by atoms with E-state index >= 15 is 0 Å². The van der Waals surface area contributed by atoms with Crippen LogP contribution in [0.1, 0.15) is 25.3 Å². The second kappa shape index (κ2) is 4.14. The fourth-order valence-electron chi connectivity index (χ4n) is 2.33. The van der Waals surface area contributed by atoms with Crippen molar-refractivity contribution in [3.63, 3.8) is 0 Å². The monoisotopic (exact) mass is 189 g/mol. The van der Waals surface area contributed by atoms with Crippen LogP contribution in [-0.2, 0) is 6.42 Å². The van der Waals surface area contributed by atoms with Crippen molar-refractivity contribution in [2.24, 2.45) is 0 Å². The summed E-state index contributed by atoms with van der Waals surface area (Å²) in [7, 11) is 2.26. The van der Waals surface area contributed by atoms with Crippen molar-refractivity contribution >= 4 is 0 Å². The molecule has 0 radical (unpaired) electrons. The van der Waals surface area contributed by atoms with Crippen LogP contribution < -0.4 is 0 Å². The second-order valence-electron chi connectivity index (χ2n) is 4.44. The molecule has 1 fully saturated rings. The number of rotatable bonds is 2. The van der Waals surface area contributed by atoms with Crippen molar-refractivity contribution in [3.05, 3.63) is 35.9 Å². The van der Waals surface area contributed by atoms with E-state index in [1.54, 1.807) is 0 Å². The Morgan fingerprint density at radius 1 is 1.21 bits per heavy atom. The molecule has 0 aliphatic carbocycles. The molecule has 1 heterocycles. The molecule has 1 aromatic rings. The van der Waals surface area contributed by atoms with Gasteiger partial charge in [0.15, 0.2) is 0 Å². The van der Waals surface area contributed by atoms with E-state index in [1.807, 2.05) is 0 Å². The first kappa shape index (κ1) is 9.72. The Bertz CT molecular complexity index is 281. The van der Waals surface area contributed by atoms with Gasteiger partial charge >= 0.3 is 0 Å². The molecule has 0 spiro atoms. The highest BCUT2D eigenvalue weighted by atomic mass is 15.2. The third-order valence-corrected chi connectivity index (χ3v) is 3.50. The molecule has 0 unspecified atom stereocenters. The van der Waals surface area contributed by atoms with Gasteiger partial charge in [0.05, 0.1) is 0 Å². The van der Waals surface area contributed by atoms with E-state index in [0.717, 1.165) is 12.1 Å². The lowest BCUT2D eigenvalue weighted by Crippen LogP contribution is -2.31. The number of likely N-dealkylation sites (N-methyl/N-ethyl adjacent to an activating group) is 1. The summed E-state index contributed by atoms with van der Waals surface area (Å²) in [6.07, 6.45) is 3.92. The van der Waals surface area contributed by atoms with Crippen molar-refractivity contribution in [2.75, 3.05) is 7.05 Å². The number of likely N-dealkylation sites (tertiary alicyclic amines) is 1. The SMILES string of the molecule is C[C@H]1CC[C@H](Cc2ccccc2)N1C. The van der Waals surface area contributed by atoms with Crippen LogP contribution in [0.15, 0.2) is 30.3 Å². The first-order chi connectivity index (χ1) is 6.77. The van der Waals surface area contributed by atoms with Crippen LogP contribution in [0.5, 0.6) is 0 Å². The normalized spacial score (nSPS) is 28.1. The Morgan fingerprint density at radius 3 is 2.50 bits per heavy atom. The zero-order chi connectivity index (χ0) is 9.97. The lowest BCUT2D eigenvalue weighted by Gasteiger charge is -2.23. The van der Waals surface area contributed by atoms with Gasteiger partial charge in [-0.3, -0.25) is 0 Å². The second-order valence-corrected chi connectivity index (χ2v) is 4.44. The predicted octanol–water partition coefficient (Wildman–Crippen LogP) is 2.71. The Morgan fingerprint density at radius 2 is 1.93 bits per heavy atom. The summed E-state index contributed by atoms with van der Waals surface area (Å²) in [5.41, 5.74) is 1.47. The number of benzene rings is 1. The molecule has 1 heteroatoms. The summed E-state index contributed by atoms with van der Waals surface area (Å²) < 4.78 is 0. The molecular formula is C13H19N. The first-order valence-electron chi connectivity index (χ1n) is 5.53.